The van der Waals surface area contributed by atoms with Gasteiger partial charge in [-0.05, 0) is 69.6 Å². The van der Waals surface area contributed by atoms with Crippen molar-refractivity contribution >= 4 is 40.3 Å². The van der Waals surface area contributed by atoms with E-state index in [0.29, 0.717) is 32.1 Å². The third-order valence-corrected chi connectivity index (χ3v) is 8.87. The Balaban J connectivity index is 0.000000270. The van der Waals surface area contributed by atoms with Crippen molar-refractivity contribution in [1.29, 1.82) is 0 Å². The zero-order valence-electron chi connectivity index (χ0n) is 25.4. The fourth-order valence-corrected chi connectivity index (χ4v) is 6.32. The maximum absolute atomic E-state index is 12.8. The molecule has 0 radical (unpaired) electrons. The number of ether oxygens (including phenoxy) is 2. The number of fused-ring (bicyclic) bond motifs is 6. The fraction of sp³-hybridized carbons (Fsp3) is 0.833. The molecule has 0 aliphatic carbocycles. The number of aliphatic hydroxyl groups excluding tert-OH is 2. The summed E-state index contributed by atoms with van der Waals surface area (Å²) in [6, 6.07) is 0. The van der Waals surface area contributed by atoms with Gasteiger partial charge < -0.3 is 19.7 Å². The molecule has 0 aromatic carbocycles. The summed E-state index contributed by atoms with van der Waals surface area (Å²) in [7, 11) is 0. The van der Waals surface area contributed by atoms with Crippen molar-refractivity contribution in [2.75, 3.05) is 52.6 Å². The largest absolute Gasteiger partial charge is 0.463 e. The van der Waals surface area contributed by atoms with E-state index in [0.717, 1.165) is 58.3 Å². The van der Waals surface area contributed by atoms with Crippen molar-refractivity contribution < 1.29 is 43.7 Å². The van der Waals surface area contributed by atoms with Crippen LogP contribution in [-0.4, -0.2) is 112 Å². The van der Waals surface area contributed by atoms with Crippen LogP contribution in [0.4, 0.5) is 0 Å². The van der Waals surface area contributed by atoms with Gasteiger partial charge in [0, 0.05) is 44.2 Å². The lowest BCUT2D eigenvalue weighted by Gasteiger charge is -2.51. The standard InChI is InChI=1S/C17H27NO5.C9H15NO3.C4H7ClO/c1-3-5-14(19)22-11-17(12-23-15(20)6-4-2)16(21)13-7-9-18(17)10-8-13;11-5-9(6-12)8(13)7-1-3-10(9)4-2-7;1-2-3-4(5)6/h13H,3-12H2,1-2H3;7,11-12H,1-6H2;2-3H2,1H3. The van der Waals surface area contributed by atoms with Crippen LogP contribution >= 0.6 is 11.6 Å². The van der Waals surface area contributed by atoms with Crippen LogP contribution < -0.4 is 0 Å². The number of ketones is 2. The molecule has 0 saturated carbocycles. The van der Waals surface area contributed by atoms with E-state index in [1.807, 2.05) is 30.6 Å². The van der Waals surface area contributed by atoms with E-state index >= 15 is 0 Å². The number of hydrogen-bond donors (Lipinski definition) is 2. The van der Waals surface area contributed by atoms with E-state index in [-0.39, 0.29) is 67.0 Å². The highest BCUT2D eigenvalue weighted by Gasteiger charge is 2.55. The minimum atomic E-state index is -0.978. The molecule has 42 heavy (non-hydrogen) atoms. The molecule has 12 heteroatoms. The molecule has 6 aliphatic heterocycles. The summed E-state index contributed by atoms with van der Waals surface area (Å²) in [5.74, 6) is -0.443. The van der Waals surface area contributed by atoms with E-state index in [9.17, 15) is 34.2 Å². The molecule has 0 unspecified atom stereocenters. The fourth-order valence-electron chi connectivity index (χ4n) is 6.13. The Bertz CT molecular complexity index is 902. The maximum Gasteiger partial charge on any atom is 0.305 e. The molecule has 2 N–H and O–H groups in total. The monoisotopic (exact) mass is 616 g/mol. The summed E-state index contributed by atoms with van der Waals surface area (Å²) in [6.45, 7) is 8.43. The third kappa shape index (κ3) is 8.81. The molecular weight excluding hydrogens is 568 g/mol. The van der Waals surface area contributed by atoms with Crippen molar-refractivity contribution in [1.82, 2.24) is 9.80 Å². The third-order valence-electron chi connectivity index (χ3n) is 8.68. The number of Topliss-reactive ketones (excluding diaryl/α,β-unsaturated/α-hetero) is 2. The minimum absolute atomic E-state index is 0.00486. The molecule has 0 atom stereocenters. The van der Waals surface area contributed by atoms with Crippen LogP contribution in [0.15, 0.2) is 0 Å². The van der Waals surface area contributed by atoms with Gasteiger partial charge in [0.25, 0.3) is 0 Å². The lowest BCUT2D eigenvalue weighted by Crippen LogP contribution is -2.69. The molecule has 6 fully saturated rings. The number of carbonyl (C=O) groups excluding carboxylic acids is 5. The number of hydrogen-bond acceptors (Lipinski definition) is 11. The summed E-state index contributed by atoms with van der Waals surface area (Å²) in [5, 5.41) is 18.2. The van der Waals surface area contributed by atoms with Crippen LogP contribution in [0.1, 0.15) is 85.0 Å². The van der Waals surface area contributed by atoms with Crippen molar-refractivity contribution in [3.63, 3.8) is 0 Å². The SMILES string of the molecule is CCCC(=O)Cl.CCCC(=O)OCC1(COC(=O)CCC)C(=O)C2CCN1CC2.O=C1C2CCN(CC2)C1(CO)CO. The predicted molar refractivity (Wildman–Crippen MR) is 156 cm³/mol. The first-order chi connectivity index (χ1) is 20.0. The Hall–Kier alpha value is -1.92. The molecule has 6 heterocycles. The first kappa shape index (κ1) is 36.3. The van der Waals surface area contributed by atoms with Gasteiger partial charge in [0.15, 0.2) is 11.6 Å². The number of rotatable bonds is 12. The maximum atomic E-state index is 12.8. The van der Waals surface area contributed by atoms with Gasteiger partial charge in [0.1, 0.15) is 24.3 Å². The van der Waals surface area contributed by atoms with Gasteiger partial charge in [-0.25, -0.2) is 0 Å². The normalized spacial score (nSPS) is 26.3. The second-order valence-corrected chi connectivity index (χ2v) is 12.0. The zero-order valence-corrected chi connectivity index (χ0v) is 26.2. The number of piperidine rings is 6. The van der Waals surface area contributed by atoms with Crippen LogP contribution in [-0.2, 0) is 33.4 Å². The number of halogens is 1. The van der Waals surface area contributed by atoms with Gasteiger partial charge in [-0.2, -0.15) is 0 Å². The average molecular weight is 617 g/mol. The lowest BCUT2D eigenvalue weighted by atomic mass is 9.74. The Morgan fingerprint density at radius 1 is 0.714 bits per heavy atom. The predicted octanol–water partition coefficient (Wildman–Crippen LogP) is 2.26. The molecular formula is C30H49ClN2O9. The summed E-state index contributed by atoms with van der Waals surface area (Å²) in [6.07, 6.45) is 6.89. The second kappa shape index (κ2) is 17.4. The molecule has 0 aromatic rings. The molecule has 0 aromatic heterocycles. The van der Waals surface area contributed by atoms with Crippen molar-refractivity contribution in [2.45, 2.75) is 96.1 Å². The van der Waals surface area contributed by atoms with E-state index in [1.165, 1.54) is 0 Å². The minimum Gasteiger partial charge on any atom is -0.463 e. The molecule has 0 amide bonds. The lowest BCUT2D eigenvalue weighted by molar-refractivity contribution is -0.172. The van der Waals surface area contributed by atoms with Crippen LogP contribution in [0, 0.1) is 11.8 Å². The van der Waals surface area contributed by atoms with Crippen LogP contribution in [0.2, 0.25) is 0 Å². The van der Waals surface area contributed by atoms with Crippen LogP contribution in [0.3, 0.4) is 0 Å². The second-order valence-electron chi connectivity index (χ2n) is 11.6. The smallest absolute Gasteiger partial charge is 0.305 e. The van der Waals surface area contributed by atoms with Gasteiger partial charge >= 0.3 is 11.9 Å². The Labute approximate surface area is 254 Å². The molecule has 6 rings (SSSR count). The Kier molecular flexibility index (Phi) is 15.0. The van der Waals surface area contributed by atoms with Crippen LogP contribution in [0.5, 0.6) is 0 Å². The molecule has 240 valence electrons. The van der Waals surface area contributed by atoms with Gasteiger partial charge in [0.2, 0.25) is 5.24 Å². The van der Waals surface area contributed by atoms with Crippen molar-refractivity contribution in [3.8, 4) is 0 Å². The summed E-state index contributed by atoms with van der Waals surface area (Å²) in [4.78, 5) is 61.8. The number of carbonyl (C=O) groups is 5. The van der Waals surface area contributed by atoms with Gasteiger partial charge in [-0.3, -0.25) is 33.8 Å². The molecule has 4 bridgehead atoms. The number of nitrogens with zero attached hydrogens (tertiary/aromatic N) is 2. The van der Waals surface area contributed by atoms with E-state index < -0.39 is 11.1 Å². The highest BCUT2D eigenvalue weighted by atomic mass is 35.5. The van der Waals surface area contributed by atoms with E-state index in [4.69, 9.17) is 21.1 Å². The zero-order chi connectivity index (χ0) is 31.3. The van der Waals surface area contributed by atoms with E-state index in [2.05, 4.69) is 0 Å². The highest BCUT2D eigenvalue weighted by molar-refractivity contribution is 6.63. The Morgan fingerprint density at radius 3 is 1.31 bits per heavy atom. The van der Waals surface area contributed by atoms with Crippen molar-refractivity contribution in [2.24, 2.45) is 11.8 Å². The first-order valence-corrected chi connectivity index (χ1v) is 15.7. The first-order valence-electron chi connectivity index (χ1n) is 15.3. The molecule has 0 spiro atoms. The molecule has 6 saturated heterocycles. The van der Waals surface area contributed by atoms with Crippen molar-refractivity contribution in [3.05, 3.63) is 0 Å². The highest BCUT2D eigenvalue weighted by Crippen LogP contribution is 2.37. The summed E-state index contributed by atoms with van der Waals surface area (Å²) < 4.78 is 10.7. The number of aliphatic hydroxyl groups is 2. The molecule has 6 aliphatic rings. The molecule has 11 nitrogen and oxygen atoms in total. The average Bonchev–Trinajstić information content (AvgIpc) is 2.99. The summed E-state index contributed by atoms with van der Waals surface area (Å²) >= 11 is 4.94. The quantitative estimate of drug-likeness (QED) is 0.245. The van der Waals surface area contributed by atoms with Crippen LogP contribution in [0.25, 0.3) is 0 Å². The summed E-state index contributed by atoms with van der Waals surface area (Å²) in [5.41, 5.74) is -1.94. The van der Waals surface area contributed by atoms with E-state index in [1.54, 1.807) is 0 Å². The van der Waals surface area contributed by atoms with Gasteiger partial charge in [-0.15, -0.1) is 0 Å². The topological polar surface area (TPSA) is 151 Å². The van der Waals surface area contributed by atoms with Gasteiger partial charge in [-0.1, -0.05) is 20.8 Å². The van der Waals surface area contributed by atoms with Gasteiger partial charge in [0.05, 0.1) is 13.2 Å². The Morgan fingerprint density at radius 2 is 1.07 bits per heavy atom. The number of esters is 2.